The number of hydrogen-bond donors (Lipinski definition) is 2. The average Bonchev–Trinajstić information content (AvgIpc) is 3.02. The van der Waals surface area contributed by atoms with Gasteiger partial charge in [0.05, 0.1) is 19.8 Å². The number of ether oxygens (including phenoxy) is 2. The summed E-state index contributed by atoms with van der Waals surface area (Å²) in [6.07, 6.45) is 2.21. The van der Waals surface area contributed by atoms with Gasteiger partial charge in [-0.2, -0.15) is 0 Å². The van der Waals surface area contributed by atoms with Crippen molar-refractivity contribution in [3.05, 3.63) is 0 Å². The van der Waals surface area contributed by atoms with E-state index >= 15 is 0 Å². The number of amides is 1. The third-order valence-electron chi connectivity index (χ3n) is 3.15. The Labute approximate surface area is 127 Å². The molecule has 7 heteroatoms. The van der Waals surface area contributed by atoms with Gasteiger partial charge in [0.25, 0.3) is 0 Å². The van der Waals surface area contributed by atoms with E-state index in [-0.39, 0.29) is 12.5 Å². The maximum atomic E-state index is 11.9. The van der Waals surface area contributed by atoms with E-state index in [2.05, 4.69) is 15.6 Å². The topological polar surface area (TPSA) is 75.2 Å². The smallest absolute Gasteiger partial charge is 0.244 e. The van der Waals surface area contributed by atoms with Crippen LogP contribution in [0.3, 0.4) is 0 Å². The Morgan fingerprint density at radius 1 is 1.19 bits per heavy atom. The van der Waals surface area contributed by atoms with Crippen molar-refractivity contribution >= 4 is 11.9 Å². The van der Waals surface area contributed by atoms with E-state index in [1.54, 1.807) is 7.11 Å². The molecule has 1 amide bonds. The van der Waals surface area contributed by atoms with E-state index in [0.717, 1.165) is 32.5 Å². The Balaban J connectivity index is 2.23. The summed E-state index contributed by atoms with van der Waals surface area (Å²) in [7, 11) is 1.65. The van der Waals surface area contributed by atoms with Crippen LogP contribution in [0.4, 0.5) is 0 Å². The van der Waals surface area contributed by atoms with E-state index in [1.807, 2.05) is 11.8 Å². The van der Waals surface area contributed by atoms with Gasteiger partial charge in [-0.3, -0.25) is 4.79 Å². The summed E-state index contributed by atoms with van der Waals surface area (Å²) in [5.74, 6) is 0.751. The molecule has 0 aromatic heterocycles. The molecule has 1 aliphatic heterocycles. The maximum absolute atomic E-state index is 11.9. The lowest BCUT2D eigenvalue weighted by molar-refractivity contribution is -0.128. The van der Waals surface area contributed by atoms with Crippen LogP contribution in [0.5, 0.6) is 0 Å². The van der Waals surface area contributed by atoms with E-state index in [4.69, 9.17) is 9.47 Å². The lowest BCUT2D eigenvalue weighted by atomic mass is 10.4. The first-order valence-corrected chi connectivity index (χ1v) is 7.64. The Kier molecular flexibility index (Phi) is 9.56. The van der Waals surface area contributed by atoms with Gasteiger partial charge in [0, 0.05) is 33.3 Å². The van der Waals surface area contributed by atoms with Crippen LogP contribution in [-0.2, 0) is 14.3 Å². The van der Waals surface area contributed by atoms with Gasteiger partial charge in [-0.1, -0.05) is 0 Å². The summed E-state index contributed by atoms with van der Waals surface area (Å²) < 4.78 is 10.3. The molecule has 0 saturated carbocycles. The third-order valence-corrected chi connectivity index (χ3v) is 3.15. The van der Waals surface area contributed by atoms with Crippen LogP contribution < -0.4 is 10.6 Å². The molecule has 0 aliphatic carbocycles. The number of guanidine groups is 1. The molecule has 0 aromatic rings. The number of nitrogens with one attached hydrogen (secondary N) is 2. The van der Waals surface area contributed by atoms with Gasteiger partial charge in [0.2, 0.25) is 5.91 Å². The van der Waals surface area contributed by atoms with Gasteiger partial charge in [0.15, 0.2) is 5.96 Å². The van der Waals surface area contributed by atoms with E-state index in [9.17, 15) is 4.79 Å². The summed E-state index contributed by atoms with van der Waals surface area (Å²) in [5, 5.41) is 6.26. The monoisotopic (exact) mass is 300 g/mol. The predicted molar refractivity (Wildman–Crippen MR) is 82.5 cm³/mol. The van der Waals surface area contributed by atoms with E-state index in [0.29, 0.717) is 32.3 Å². The molecule has 0 atom stereocenters. The van der Waals surface area contributed by atoms with Gasteiger partial charge < -0.3 is 25.0 Å². The van der Waals surface area contributed by atoms with E-state index < -0.39 is 0 Å². The predicted octanol–water partition coefficient (Wildman–Crippen LogP) is -0.173. The SMILES string of the molecule is CCNC(=NCC(=O)N1CCCC1)NCCOCCOC. The van der Waals surface area contributed by atoms with Crippen molar-refractivity contribution in [2.45, 2.75) is 19.8 Å². The van der Waals surface area contributed by atoms with Crippen LogP contribution in [0.1, 0.15) is 19.8 Å². The number of hydrogen-bond acceptors (Lipinski definition) is 4. The number of rotatable bonds is 9. The Hall–Kier alpha value is -1.34. The fraction of sp³-hybridized carbons (Fsp3) is 0.857. The first kappa shape index (κ1) is 17.7. The zero-order chi connectivity index (χ0) is 15.3. The van der Waals surface area contributed by atoms with E-state index in [1.165, 1.54) is 0 Å². The van der Waals surface area contributed by atoms with Crippen molar-refractivity contribution in [2.75, 3.05) is 59.7 Å². The highest BCUT2D eigenvalue weighted by atomic mass is 16.5. The number of aliphatic imine (C=N–C) groups is 1. The highest BCUT2D eigenvalue weighted by molar-refractivity contribution is 5.85. The Bertz CT molecular complexity index is 317. The highest BCUT2D eigenvalue weighted by Crippen LogP contribution is 2.07. The largest absolute Gasteiger partial charge is 0.382 e. The number of carbonyl (C=O) groups excluding carboxylic acids is 1. The zero-order valence-electron chi connectivity index (χ0n) is 13.2. The second kappa shape index (κ2) is 11.3. The summed E-state index contributed by atoms with van der Waals surface area (Å²) >= 11 is 0. The lowest BCUT2D eigenvalue weighted by Crippen LogP contribution is -2.40. The molecule has 1 heterocycles. The van der Waals surface area contributed by atoms with Crippen LogP contribution in [-0.4, -0.2) is 76.4 Å². The maximum Gasteiger partial charge on any atom is 0.244 e. The van der Waals surface area contributed by atoms with Gasteiger partial charge in [0.1, 0.15) is 6.54 Å². The Morgan fingerprint density at radius 2 is 1.95 bits per heavy atom. The minimum atomic E-state index is 0.0982. The summed E-state index contributed by atoms with van der Waals surface area (Å²) in [6.45, 7) is 7.08. The van der Waals surface area contributed by atoms with Crippen molar-refractivity contribution in [3.63, 3.8) is 0 Å². The lowest BCUT2D eigenvalue weighted by Gasteiger charge is -2.15. The first-order valence-electron chi connectivity index (χ1n) is 7.64. The van der Waals surface area contributed by atoms with Crippen molar-refractivity contribution in [2.24, 2.45) is 4.99 Å². The van der Waals surface area contributed by atoms with Gasteiger partial charge in [-0.15, -0.1) is 0 Å². The quantitative estimate of drug-likeness (QED) is 0.351. The minimum Gasteiger partial charge on any atom is -0.382 e. The number of carbonyl (C=O) groups is 1. The molecule has 1 rings (SSSR count). The van der Waals surface area contributed by atoms with Crippen LogP contribution in [0.25, 0.3) is 0 Å². The first-order chi connectivity index (χ1) is 10.3. The molecular weight excluding hydrogens is 272 g/mol. The number of nitrogens with zero attached hydrogens (tertiary/aromatic N) is 2. The summed E-state index contributed by atoms with van der Waals surface area (Å²) in [5.41, 5.74) is 0. The minimum absolute atomic E-state index is 0.0982. The molecule has 0 spiro atoms. The molecule has 0 unspecified atom stereocenters. The van der Waals surface area contributed by atoms with Crippen LogP contribution in [0, 0.1) is 0 Å². The number of likely N-dealkylation sites (tertiary alicyclic amines) is 1. The molecule has 1 saturated heterocycles. The molecule has 0 aromatic carbocycles. The van der Waals surface area contributed by atoms with Crippen molar-refractivity contribution < 1.29 is 14.3 Å². The summed E-state index contributed by atoms with van der Waals surface area (Å²) in [6, 6.07) is 0. The standard InChI is InChI=1S/C14H28N4O3/c1-3-15-14(16-6-9-21-11-10-20-2)17-12-13(19)18-7-4-5-8-18/h3-12H2,1-2H3,(H2,15,16,17). The zero-order valence-corrected chi connectivity index (χ0v) is 13.2. The fourth-order valence-corrected chi connectivity index (χ4v) is 2.04. The number of methoxy groups -OCH3 is 1. The van der Waals surface area contributed by atoms with Gasteiger partial charge >= 0.3 is 0 Å². The second-order valence-corrected chi connectivity index (χ2v) is 4.82. The highest BCUT2D eigenvalue weighted by Gasteiger charge is 2.17. The molecule has 1 aliphatic rings. The van der Waals surface area contributed by atoms with Gasteiger partial charge in [-0.05, 0) is 19.8 Å². The molecule has 21 heavy (non-hydrogen) atoms. The molecule has 2 N–H and O–H groups in total. The molecule has 0 bridgehead atoms. The molecule has 122 valence electrons. The van der Waals surface area contributed by atoms with Crippen molar-refractivity contribution in [1.29, 1.82) is 0 Å². The summed E-state index contributed by atoms with van der Waals surface area (Å²) in [4.78, 5) is 18.1. The third kappa shape index (κ3) is 7.87. The second-order valence-electron chi connectivity index (χ2n) is 4.82. The van der Waals surface area contributed by atoms with Crippen molar-refractivity contribution in [1.82, 2.24) is 15.5 Å². The molecular formula is C14H28N4O3. The van der Waals surface area contributed by atoms with Gasteiger partial charge in [-0.25, -0.2) is 4.99 Å². The fourth-order valence-electron chi connectivity index (χ4n) is 2.04. The van der Waals surface area contributed by atoms with Crippen molar-refractivity contribution in [3.8, 4) is 0 Å². The van der Waals surface area contributed by atoms with Crippen LogP contribution in [0.15, 0.2) is 4.99 Å². The van der Waals surface area contributed by atoms with Crippen LogP contribution >= 0.6 is 0 Å². The molecule has 0 radical (unpaired) electrons. The average molecular weight is 300 g/mol. The van der Waals surface area contributed by atoms with Crippen LogP contribution in [0.2, 0.25) is 0 Å². The normalized spacial score (nSPS) is 15.3. The molecule has 7 nitrogen and oxygen atoms in total. The molecule has 1 fully saturated rings. The Morgan fingerprint density at radius 3 is 2.62 bits per heavy atom.